The van der Waals surface area contributed by atoms with Crippen LogP contribution < -0.4 is 11.1 Å². The predicted molar refractivity (Wildman–Crippen MR) is 50.4 cm³/mol. The monoisotopic (exact) mass is 254 g/mol. The first kappa shape index (κ1) is 13.2. The number of hydrogen-bond donors (Lipinski definition) is 2. The number of benzene rings is 1. The Kier molecular flexibility index (Phi) is 3.54. The van der Waals surface area contributed by atoms with E-state index in [2.05, 4.69) is 0 Å². The normalized spacial score (nSPS) is 11.6. The van der Waals surface area contributed by atoms with E-state index >= 15 is 0 Å². The molecule has 0 radical (unpaired) electrons. The fourth-order valence-corrected chi connectivity index (χ4v) is 0.969. The van der Waals surface area contributed by atoms with E-state index < -0.39 is 29.8 Å². The number of rotatable bonds is 3. The van der Waals surface area contributed by atoms with Crippen molar-refractivity contribution in [1.82, 2.24) is 0 Å². The Bertz CT molecular complexity index is 415. The fraction of sp³-hybridized carbons (Fsp3) is 0.222. The van der Waals surface area contributed by atoms with Gasteiger partial charge in [-0.1, -0.05) is 6.07 Å². The zero-order valence-electron chi connectivity index (χ0n) is 8.18. The third-order valence-electron chi connectivity index (χ3n) is 1.86. The van der Waals surface area contributed by atoms with Gasteiger partial charge in [-0.2, -0.15) is 8.78 Å². The average molecular weight is 254 g/mol. The van der Waals surface area contributed by atoms with Crippen LogP contribution in [0.25, 0.3) is 0 Å². The van der Waals surface area contributed by atoms with E-state index in [9.17, 15) is 26.7 Å². The van der Waals surface area contributed by atoms with Gasteiger partial charge in [0.1, 0.15) is 11.5 Å². The summed E-state index contributed by atoms with van der Waals surface area (Å²) >= 11 is 0. The number of halogens is 5. The molecule has 1 rings (SSSR count). The Morgan fingerprint density at radius 1 is 1.35 bits per heavy atom. The molecular weight excluding hydrogens is 247 g/mol. The number of anilines is 2. The molecule has 1 aromatic rings. The molecule has 0 atom stereocenters. The van der Waals surface area contributed by atoms with Crippen molar-refractivity contribution in [2.75, 3.05) is 11.1 Å². The van der Waals surface area contributed by atoms with Gasteiger partial charge in [0.15, 0.2) is 0 Å². The third-order valence-corrected chi connectivity index (χ3v) is 1.86. The Hall–Kier alpha value is -1.86. The molecule has 0 unspecified atom stereocenters. The zero-order valence-corrected chi connectivity index (χ0v) is 8.18. The largest absolute Gasteiger partial charge is 0.397 e. The molecule has 0 fully saturated rings. The van der Waals surface area contributed by atoms with E-state index in [0.29, 0.717) is 0 Å². The van der Waals surface area contributed by atoms with E-state index in [0.717, 1.165) is 12.1 Å². The Morgan fingerprint density at radius 3 is 2.41 bits per heavy atom. The maximum absolute atomic E-state index is 13.1. The van der Waals surface area contributed by atoms with Gasteiger partial charge in [-0.3, -0.25) is 4.79 Å². The molecule has 8 heteroatoms. The summed E-state index contributed by atoms with van der Waals surface area (Å²) in [5, 5.41) is 1.33. The molecule has 0 aliphatic carbocycles. The van der Waals surface area contributed by atoms with Crippen LogP contribution in [0.5, 0.6) is 0 Å². The van der Waals surface area contributed by atoms with Gasteiger partial charge >= 0.3 is 18.3 Å². The van der Waals surface area contributed by atoms with E-state index in [1.807, 2.05) is 0 Å². The minimum Gasteiger partial charge on any atom is -0.397 e. The van der Waals surface area contributed by atoms with Crippen LogP contribution in [0.4, 0.5) is 33.3 Å². The standard InChI is InChI=1S/C9H7F5N2O/c10-4-2-1-3-5(15)6(4)16-8(17)9(13,14)7(11)12/h1-3,7H,15H2,(H,16,17). The number of alkyl halides is 4. The molecule has 0 bridgehead atoms. The van der Waals surface area contributed by atoms with Crippen LogP contribution in [-0.4, -0.2) is 18.3 Å². The molecule has 0 aromatic heterocycles. The molecule has 0 spiro atoms. The summed E-state index contributed by atoms with van der Waals surface area (Å²) in [6.45, 7) is 0. The lowest BCUT2D eigenvalue weighted by Gasteiger charge is -2.16. The summed E-state index contributed by atoms with van der Waals surface area (Å²) in [4.78, 5) is 10.8. The second-order valence-corrected chi connectivity index (χ2v) is 3.08. The smallest absolute Gasteiger partial charge is 0.383 e. The zero-order chi connectivity index (χ0) is 13.2. The van der Waals surface area contributed by atoms with Gasteiger partial charge < -0.3 is 11.1 Å². The van der Waals surface area contributed by atoms with E-state index in [1.54, 1.807) is 0 Å². The molecular formula is C9H7F5N2O. The minimum atomic E-state index is -4.91. The van der Waals surface area contributed by atoms with Crippen molar-refractivity contribution in [3.8, 4) is 0 Å². The SMILES string of the molecule is Nc1cccc(F)c1NC(=O)C(F)(F)C(F)F. The van der Waals surface area contributed by atoms with E-state index in [4.69, 9.17) is 5.73 Å². The molecule has 0 aliphatic rings. The molecule has 1 amide bonds. The maximum atomic E-state index is 13.1. The van der Waals surface area contributed by atoms with Crippen LogP contribution in [0.3, 0.4) is 0 Å². The highest BCUT2D eigenvalue weighted by atomic mass is 19.3. The van der Waals surface area contributed by atoms with Crippen molar-refractivity contribution in [3.05, 3.63) is 24.0 Å². The molecule has 94 valence electrons. The van der Waals surface area contributed by atoms with Crippen LogP contribution in [0.15, 0.2) is 18.2 Å². The van der Waals surface area contributed by atoms with Gasteiger partial charge in [-0.15, -0.1) is 0 Å². The number of carbonyl (C=O) groups is 1. The number of nitrogens with one attached hydrogen (secondary N) is 1. The number of para-hydroxylation sites is 1. The molecule has 1 aromatic carbocycles. The fourth-order valence-electron chi connectivity index (χ4n) is 0.969. The van der Waals surface area contributed by atoms with Gasteiger partial charge in [0.25, 0.3) is 0 Å². The molecule has 0 aliphatic heterocycles. The molecule has 17 heavy (non-hydrogen) atoms. The van der Waals surface area contributed by atoms with Gasteiger partial charge in [0, 0.05) is 0 Å². The highest BCUT2D eigenvalue weighted by Gasteiger charge is 2.49. The number of carbonyl (C=O) groups excluding carboxylic acids is 1. The summed E-state index contributed by atoms with van der Waals surface area (Å²) in [5.41, 5.74) is 4.11. The number of amides is 1. The second-order valence-electron chi connectivity index (χ2n) is 3.08. The Balaban J connectivity index is 2.96. The topological polar surface area (TPSA) is 55.1 Å². The molecule has 0 heterocycles. The highest BCUT2D eigenvalue weighted by molar-refractivity contribution is 5.98. The maximum Gasteiger partial charge on any atom is 0.383 e. The van der Waals surface area contributed by atoms with Gasteiger partial charge in [-0.05, 0) is 12.1 Å². The molecule has 0 saturated heterocycles. The van der Waals surface area contributed by atoms with Crippen LogP contribution in [0.2, 0.25) is 0 Å². The van der Waals surface area contributed by atoms with Gasteiger partial charge in [0.05, 0.1) is 5.69 Å². The second kappa shape index (κ2) is 4.56. The number of nitrogens with two attached hydrogens (primary N) is 1. The number of nitrogen functional groups attached to an aromatic ring is 1. The van der Waals surface area contributed by atoms with Crippen molar-refractivity contribution in [1.29, 1.82) is 0 Å². The first-order chi connectivity index (χ1) is 7.76. The van der Waals surface area contributed by atoms with Crippen LogP contribution in [-0.2, 0) is 4.79 Å². The average Bonchev–Trinajstić information content (AvgIpc) is 2.23. The lowest BCUT2D eigenvalue weighted by molar-refractivity contribution is -0.163. The predicted octanol–water partition coefficient (Wildman–Crippen LogP) is 2.25. The lowest BCUT2D eigenvalue weighted by atomic mass is 10.2. The van der Waals surface area contributed by atoms with Crippen molar-refractivity contribution < 1.29 is 26.7 Å². The first-order valence-electron chi connectivity index (χ1n) is 4.28. The Labute approximate surface area is 92.4 Å². The third kappa shape index (κ3) is 2.63. The van der Waals surface area contributed by atoms with Crippen molar-refractivity contribution in [3.63, 3.8) is 0 Å². The summed E-state index contributed by atoms with van der Waals surface area (Å²) in [5.74, 6) is -8.32. The van der Waals surface area contributed by atoms with Gasteiger partial charge in [-0.25, -0.2) is 13.2 Å². The van der Waals surface area contributed by atoms with Crippen LogP contribution in [0, 0.1) is 5.82 Å². The van der Waals surface area contributed by atoms with Gasteiger partial charge in [0.2, 0.25) is 0 Å². The number of hydrogen-bond acceptors (Lipinski definition) is 2. The minimum absolute atomic E-state index is 0.344. The van der Waals surface area contributed by atoms with Crippen LogP contribution in [0.1, 0.15) is 0 Å². The quantitative estimate of drug-likeness (QED) is 0.642. The molecule has 3 N–H and O–H groups in total. The molecule has 0 saturated carbocycles. The Morgan fingerprint density at radius 2 is 1.94 bits per heavy atom. The van der Waals surface area contributed by atoms with Crippen molar-refractivity contribution >= 4 is 17.3 Å². The lowest BCUT2D eigenvalue weighted by Crippen LogP contribution is -2.41. The van der Waals surface area contributed by atoms with Crippen LogP contribution >= 0.6 is 0 Å². The van der Waals surface area contributed by atoms with E-state index in [1.165, 1.54) is 11.4 Å². The van der Waals surface area contributed by atoms with E-state index in [-0.39, 0.29) is 5.69 Å². The summed E-state index contributed by atoms with van der Waals surface area (Å²) in [7, 11) is 0. The first-order valence-corrected chi connectivity index (χ1v) is 4.28. The summed E-state index contributed by atoms with van der Waals surface area (Å²) in [6, 6.07) is 3.14. The molecule has 3 nitrogen and oxygen atoms in total. The summed E-state index contributed by atoms with van der Waals surface area (Å²) in [6.07, 6.45) is -4.18. The highest BCUT2D eigenvalue weighted by Crippen LogP contribution is 2.27. The van der Waals surface area contributed by atoms with Crippen molar-refractivity contribution in [2.24, 2.45) is 0 Å². The summed E-state index contributed by atoms with van der Waals surface area (Å²) < 4.78 is 61.9. The van der Waals surface area contributed by atoms with Crippen molar-refractivity contribution in [2.45, 2.75) is 12.3 Å².